The van der Waals surface area contributed by atoms with E-state index in [-0.39, 0.29) is 17.6 Å². The molecule has 0 aromatic rings. The Kier molecular flexibility index (Phi) is 1.16. The second-order valence-electron chi connectivity index (χ2n) is 3.50. The highest BCUT2D eigenvalue weighted by Crippen LogP contribution is 2.65. The van der Waals surface area contributed by atoms with Gasteiger partial charge in [0, 0.05) is 12.0 Å². The monoisotopic (exact) mass is 163 g/mol. The lowest BCUT2D eigenvalue weighted by molar-refractivity contribution is -0.116. The second kappa shape index (κ2) is 1.89. The van der Waals surface area contributed by atoms with Gasteiger partial charge in [-0.3, -0.25) is 4.79 Å². The summed E-state index contributed by atoms with van der Waals surface area (Å²) in [5.74, 6) is 0.618. The number of hydrogen-bond donors (Lipinski definition) is 0. The minimum Gasteiger partial charge on any atom is -0.501 e. The molecule has 2 aliphatic rings. The van der Waals surface area contributed by atoms with E-state index in [1.54, 1.807) is 0 Å². The third kappa shape index (κ3) is 0.585. The summed E-state index contributed by atoms with van der Waals surface area (Å²) in [4.78, 5) is 11.3. The largest absolute Gasteiger partial charge is 0.501 e. The fourth-order valence-electron chi connectivity index (χ4n) is 2.08. The fraction of sp³-hybridized carbons (Fsp3) is 0.556. The number of methoxy groups -OCH3 is 1. The van der Waals surface area contributed by atoms with Crippen LogP contribution in [0.5, 0.6) is 0 Å². The van der Waals surface area contributed by atoms with Crippen molar-refractivity contribution in [2.75, 3.05) is 7.11 Å². The van der Waals surface area contributed by atoms with Crippen LogP contribution in [0.4, 0.5) is 0 Å². The van der Waals surface area contributed by atoms with Crippen LogP contribution in [-0.4, -0.2) is 12.9 Å². The maximum atomic E-state index is 11.3. The average molecular weight is 163 g/mol. The summed E-state index contributed by atoms with van der Waals surface area (Å²) in [5, 5.41) is 8.82. The van der Waals surface area contributed by atoms with E-state index >= 15 is 0 Å². The zero-order valence-electron chi connectivity index (χ0n) is 7.00. The highest BCUT2D eigenvalue weighted by atomic mass is 16.5. The van der Waals surface area contributed by atoms with Gasteiger partial charge in [-0.1, -0.05) is 0 Å². The van der Waals surface area contributed by atoms with Crippen LogP contribution >= 0.6 is 0 Å². The quantitative estimate of drug-likeness (QED) is 0.576. The molecule has 0 amide bonds. The Labute approximate surface area is 70.6 Å². The number of ether oxygens (including phenoxy) is 1. The van der Waals surface area contributed by atoms with Crippen LogP contribution in [0.15, 0.2) is 11.8 Å². The Hall–Kier alpha value is -1.30. The number of carbonyl (C=O) groups is 1. The van der Waals surface area contributed by atoms with Crippen molar-refractivity contribution < 1.29 is 9.53 Å². The van der Waals surface area contributed by atoms with Crippen molar-refractivity contribution in [1.82, 2.24) is 0 Å². The smallest absolute Gasteiger partial charge is 0.164 e. The molecule has 0 aromatic carbocycles. The average Bonchev–Trinajstić information content (AvgIpc) is 2.51. The predicted molar refractivity (Wildman–Crippen MR) is 40.8 cm³/mol. The number of nitriles is 1. The van der Waals surface area contributed by atoms with Gasteiger partial charge in [-0.15, -0.1) is 0 Å². The maximum absolute atomic E-state index is 11.3. The Morgan fingerprint density at radius 3 is 2.75 bits per heavy atom. The SMILES string of the molecule is COC1=CC(=O)[C@@H]2[C@H]1[C@@]2(C)C#N. The van der Waals surface area contributed by atoms with Gasteiger partial charge in [-0.2, -0.15) is 5.26 Å². The number of hydrogen-bond acceptors (Lipinski definition) is 3. The van der Waals surface area contributed by atoms with Crippen LogP contribution in [0, 0.1) is 28.6 Å². The van der Waals surface area contributed by atoms with Crippen molar-refractivity contribution in [3.05, 3.63) is 11.8 Å². The lowest BCUT2D eigenvalue weighted by Crippen LogP contribution is -2.06. The minimum absolute atomic E-state index is 0.0278. The predicted octanol–water partition coefficient (Wildman–Crippen LogP) is 0.875. The highest BCUT2D eigenvalue weighted by molar-refractivity contribution is 6.00. The van der Waals surface area contributed by atoms with E-state index in [1.165, 1.54) is 13.2 Å². The van der Waals surface area contributed by atoms with E-state index in [0.29, 0.717) is 5.76 Å². The molecule has 0 bridgehead atoms. The number of nitrogens with zero attached hydrogens (tertiary/aromatic N) is 1. The molecule has 0 spiro atoms. The normalized spacial score (nSPS) is 43.1. The molecule has 2 rings (SSSR count). The third-order valence-electron chi connectivity index (χ3n) is 2.89. The van der Waals surface area contributed by atoms with Crippen LogP contribution in [0.1, 0.15) is 6.92 Å². The zero-order valence-corrected chi connectivity index (χ0v) is 7.00. The molecule has 0 radical (unpaired) electrons. The van der Waals surface area contributed by atoms with E-state index in [9.17, 15) is 4.79 Å². The summed E-state index contributed by atoms with van der Waals surface area (Å²) in [6.07, 6.45) is 1.51. The molecule has 0 aliphatic heterocycles. The van der Waals surface area contributed by atoms with Crippen LogP contribution in [-0.2, 0) is 9.53 Å². The van der Waals surface area contributed by atoms with Crippen molar-refractivity contribution in [3.63, 3.8) is 0 Å². The molecule has 0 N–H and O–H groups in total. The van der Waals surface area contributed by atoms with Crippen molar-refractivity contribution >= 4 is 5.78 Å². The molecule has 3 atom stereocenters. The van der Waals surface area contributed by atoms with E-state index in [0.717, 1.165) is 0 Å². The molecule has 2 aliphatic carbocycles. The molecule has 1 fully saturated rings. The highest BCUT2D eigenvalue weighted by Gasteiger charge is 2.70. The summed E-state index contributed by atoms with van der Waals surface area (Å²) in [5.41, 5.74) is -0.489. The molecular formula is C9H9NO2. The van der Waals surface area contributed by atoms with E-state index in [2.05, 4.69) is 6.07 Å². The van der Waals surface area contributed by atoms with Crippen LogP contribution < -0.4 is 0 Å². The minimum atomic E-state index is -0.489. The van der Waals surface area contributed by atoms with Gasteiger partial charge in [0.1, 0.15) is 5.76 Å². The number of fused-ring (bicyclic) bond motifs is 1. The summed E-state index contributed by atoms with van der Waals surface area (Å²) in [7, 11) is 1.54. The van der Waals surface area contributed by atoms with Gasteiger partial charge in [0.05, 0.1) is 24.5 Å². The fourth-order valence-corrected chi connectivity index (χ4v) is 2.08. The second-order valence-corrected chi connectivity index (χ2v) is 3.50. The molecule has 0 saturated heterocycles. The van der Waals surface area contributed by atoms with E-state index in [1.807, 2.05) is 6.92 Å². The first-order chi connectivity index (χ1) is 5.65. The van der Waals surface area contributed by atoms with Gasteiger partial charge in [-0.05, 0) is 6.92 Å². The van der Waals surface area contributed by atoms with Crippen molar-refractivity contribution in [2.45, 2.75) is 6.92 Å². The Morgan fingerprint density at radius 1 is 1.67 bits per heavy atom. The van der Waals surface area contributed by atoms with Crippen LogP contribution in [0.2, 0.25) is 0 Å². The van der Waals surface area contributed by atoms with Crippen molar-refractivity contribution in [1.29, 1.82) is 5.26 Å². The first-order valence-corrected chi connectivity index (χ1v) is 3.86. The first kappa shape index (κ1) is 7.35. The van der Waals surface area contributed by atoms with Crippen molar-refractivity contribution in [2.24, 2.45) is 17.3 Å². The molecule has 12 heavy (non-hydrogen) atoms. The molecule has 0 aromatic heterocycles. The molecule has 62 valence electrons. The number of carbonyl (C=O) groups excluding carboxylic acids is 1. The zero-order chi connectivity index (χ0) is 8.93. The lowest BCUT2D eigenvalue weighted by Gasteiger charge is -2.04. The van der Waals surface area contributed by atoms with Crippen molar-refractivity contribution in [3.8, 4) is 6.07 Å². The van der Waals surface area contributed by atoms with E-state index < -0.39 is 5.41 Å². The van der Waals surface area contributed by atoms with Gasteiger partial charge in [0.15, 0.2) is 5.78 Å². The molecule has 3 nitrogen and oxygen atoms in total. The summed E-state index contributed by atoms with van der Waals surface area (Å²) in [6.45, 7) is 1.81. The lowest BCUT2D eigenvalue weighted by atomic mass is 10.0. The van der Waals surface area contributed by atoms with Crippen LogP contribution in [0.25, 0.3) is 0 Å². The number of rotatable bonds is 1. The van der Waals surface area contributed by atoms with E-state index in [4.69, 9.17) is 10.00 Å². The summed E-state index contributed by atoms with van der Waals surface area (Å²) >= 11 is 0. The van der Waals surface area contributed by atoms with Gasteiger partial charge >= 0.3 is 0 Å². The summed E-state index contributed by atoms with van der Waals surface area (Å²) in [6, 6.07) is 2.17. The number of allylic oxidation sites excluding steroid dienone is 2. The van der Waals surface area contributed by atoms with Gasteiger partial charge in [0.2, 0.25) is 0 Å². The standard InChI is InChI=1S/C9H9NO2/c1-9(4-10)7-5(11)3-6(12-2)8(7)9/h3,7-8H,1-2H3/t7-,8+,9+/m1/s1. The number of ketones is 1. The Morgan fingerprint density at radius 2 is 2.33 bits per heavy atom. The Balaban J connectivity index is 2.34. The third-order valence-corrected chi connectivity index (χ3v) is 2.89. The topological polar surface area (TPSA) is 50.1 Å². The first-order valence-electron chi connectivity index (χ1n) is 3.86. The summed E-state index contributed by atoms with van der Waals surface area (Å²) < 4.78 is 5.02. The van der Waals surface area contributed by atoms with Gasteiger partial charge < -0.3 is 4.74 Å². The molecule has 1 saturated carbocycles. The molecule has 0 heterocycles. The van der Waals surface area contributed by atoms with Gasteiger partial charge in [0.25, 0.3) is 0 Å². The maximum Gasteiger partial charge on any atom is 0.164 e. The Bertz CT molecular complexity index is 326. The van der Waals surface area contributed by atoms with Crippen LogP contribution in [0.3, 0.4) is 0 Å². The van der Waals surface area contributed by atoms with Gasteiger partial charge in [-0.25, -0.2) is 0 Å². The molecular weight excluding hydrogens is 154 g/mol. The molecule has 0 unspecified atom stereocenters. The molecule has 3 heteroatoms.